The maximum atomic E-state index is 8.52. The summed E-state index contributed by atoms with van der Waals surface area (Å²) in [5, 5.41) is 15.0. The average Bonchev–Trinajstić information content (AvgIpc) is 2.68. The number of nitriles is 1. The molecule has 1 aliphatic carbocycles. The summed E-state index contributed by atoms with van der Waals surface area (Å²) < 4.78 is 0.968. The van der Waals surface area contributed by atoms with Gasteiger partial charge in [0.2, 0.25) is 0 Å². The van der Waals surface area contributed by atoms with Crippen LogP contribution in [0.15, 0.2) is 10.4 Å². The molecule has 1 saturated carbocycles. The molecule has 0 unspecified atom stereocenters. The molecule has 1 fully saturated rings. The van der Waals surface area contributed by atoms with Crippen LogP contribution in [-0.2, 0) is 0 Å². The third kappa shape index (κ3) is 3.11. The molecule has 1 aromatic heterocycles. The van der Waals surface area contributed by atoms with E-state index in [1.54, 1.807) is 17.5 Å². The second-order valence-corrected chi connectivity index (χ2v) is 5.77. The molecule has 15 heavy (non-hydrogen) atoms. The first-order valence-electron chi connectivity index (χ1n) is 5.17. The summed E-state index contributed by atoms with van der Waals surface area (Å²) in [6, 6.07) is 0.588. The van der Waals surface area contributed by atoms with E-state index in [1.165, 1.54) is 43.9 Å². The van der Waals surface area contributed by atoms with Crippen molar-refractivity contribution >= 4 is 28.2 Å². The van der Waals surface area contributed by atoms with E-state index in [4.69, 9.17) is 5.26 Å². The predicted molar refractivity (Wildman–Crippen MR) is 64.1 cm³/mol. The minimum absolute atomic E-state index is 0.588. The van der Waals surface area contributed by atoms with Crippen molar-refractivity contribution in [3.63, 3.8) is 0 Å². The zero-order valence-corrected chi connectivity index (χ0v) is 10.0. The lowest BCUT2D eigenvalue weighted by atomic mass is 9.96. The molecule has 0 bridgehead atoms. The number of rotatable bonds is 3. The number of anilines is 1. The number of thioether (sulfide) groups is 1. The minimum Gasteiger partial charge on any atom is -0.359 e. The SMILES string of the molecule is N#CSc1cnc(NC2CCCCC2)s1. The Morgan fingerprint density at radius 3 is 3.00 bits per heavy atom. The van der Waals surface area contributed by atoms with E-state index >= 15 is 0 Å². The van der Waals surface area contributed by atoms with Crippen LogP contribution in [-0.4, -0.2) is 11.0 Å². The second-order valence-electron chi connectivity index (χ2n) is 3.66. The third-order valence-corrected chi connectivity index (χ3v) is 4.18. The Morgan fingerprint density at radius 1 is 1.47 bits per heavy atom. The molecule has 0 spiro atoms. The fraction of sp³-hybridized carbons (Fsp3) is 0.600. The Morgan fingerprint density at radius 2 is 2.27 bits per heavy atom. The first kappa shape index (κ1) is 10.8. The van der Waals surface area contributed by atoms with E-state index in [1.807, 2.05) is 0 Å². The lowest BCUT2D eigenvalue weighted by molar-refractivity contribution is 0.462. The summed E-state index contributed by atoms with van der Waals surface area (Å²) in [7, 11) is 0. The van der Waals surface area contributed by atoms with Crippen LogP contribution >= 0.6 is 23.1 Å². The molecule has 1 aromatic rings. The smallest absolute Gasteiger partial charge is 0.183 e. The third-order valence-electron chi connectivity index (χ3n) is 2.56. The van der Waals surface area contributed by atoms with Gasteiger partial charge in [0, 0.05) is 17.8 Å². The van der Waals surface area contributed by atoms with Gasteiger partial charge >= 0.3 is 0 Å². The molecule has 0 saturated heterocycles. The number of aromatic nitrogens is 1. The molecule has 0 aromatic carbocycles. The van der Waals surface area contributed by atoms with Crippen molar-refractivity contribution in [1.29, 1.82) is 5.26 Å². The maximum absolute atomic E-state index is 8.52. The maximum Gasteiger partial charge on any atom is 0.183 e. The van der Waals surface area contributed by atoms with Crippen LogP contribution < -0.4 is 5.32 Å². The summed E-state index contributed by atoms with van der Waals surface area (Å²) >= 11 is 2.75. The van der Waals surface area contributed by atoms with Crippen LogP contribution in [0, 0.1) is 10.7 Å². The Labute approximate surface area is 97.9 Å². The van der Waals surface area contributed by atoms with Gasteiger partial charge in [-0.2, -0.15) is 5.26 Å². The first-order valence-corrected chi connectivity index (χ1v) is 6.80. The number of thiazole rings is 1. The summed E-state index contributed by atoms with van der Waals surface area (Å²) in [5.74, 6) is 0. The average molecular weight is 239 g/mol. The Bertz CT molecular complexity index is 350. The summed E-state index contributed by atoms with van der Waals surface area (Å²) in [6.07, 6.45) is 8.28. The lowest BCUT2D eigenvalue weighted by Gasteiger charge is -2.22. The highest BCUT2D eigenvalue weighted by Gasteiger charge is 2.14. The minimum atomic E-state index is 0.588. The van der Waals surface area contributed by atoms with E-state index in [0.29, 0.717) is 6.04 Å². The standard InChI is InChI=1S/C10H13N3S2/c11-7-14-9-6-12-10(15-9)13-8-4-2-1-3-5-8/h6,8H,1-5H2,(H,12,13). The van der Waals surface area contributed by atoms with E-state index in [0.717, 1.165) is 9.34 Å². The van der Waals surface area contributed by atoms with Crippen molar-refractivity contribution in [2.24, 2.45) is 0 Å². The summed E-state index contributed by atoms with van der Waals surface area (Å²) in [5.41, 5.74) is 0. The number of nitrogens with zero attached hydrogens (tertiary/aromatic N) is 2. The van der Waals surface area contributed by atoms with Crippen LogP contribution in [0.2, 0.25) is 0 Å². The zero-order valence-electron chi connectivity index (χ0n) is 8.40. The van der Waals surface area contributed by atoms with E-state index in [2.05, 4.69) is 15.7 Å². The number of nitrogens with one attached hydrogen (secondary N) is 1. The first-order chi connectivity index (χ1) is 7.38. The molecular formula is C10H13N3S2. The highest BCUT2D eigenvalue weighted by molar-refractivity contribution is 8.05. The van der Waals surface area contributed by atoms with Crippen LogP contribution in [0.1, 0.15) is 32.1 Å². The number of thiocyanates is 1. The highest BCUT2D eigenvalue weighted by Crippen LogP contribution is 2.29. The predicted octanol–water partition coefficient (Wildman–Crippen LogP) is 3.46. The molecule has 5 heteroatoms. The monoisotopic (exact) mass is 239 g/mol. The molecule has 1 heterocycles. The van der Waals surface area contributed by atoms with Crippen molar-refractivity contribution in [1.82, 2.24) is 4.98 Å². The fourth-order valence-electron chi connectivity index (χ4n) is 1.84. The van der Waals surface area contributed by atoms with Gasteiger partial charge in [-0.15, -0.1) is 0 Å². The van der Waals surface area contributed by atoms with Crippen molar-refractivity contribution in [3.05, 3.63) is 6.20 Å². The molecule has 0 amide bonds. The summed E-state index contributed by atoms with van der Waals surface area (Å²) in [4.78, 5) is 4.26. The van der Waals surface area contributed by atoms with Crippen molar-refractivity contribution in [3.8, 4) is 5.40 Å². The molecule has 0 atom stereocenters. The van der Waals surface area contributed by atoms with Crippen molar-refractivity contribution in [2.75, 3.05) is 5.32 Å². The van der Waals surface area contributed by atoms with Gasteiger partial charge in [-0.25, -0.2) is 4.98 Å². The molecule has 80 valence electrons. The molecular weight excluding hydrogens is 226 g/mol. The van der Waals surface area contributed by atoms with Crippen LogP contribution in [0.25, 0.3) is 0 Å². The van der Waals surface area contributed by atoms with E-state index < -0.39 is 0 Å². The fourth-order valence-corrected chi connectivity index (χ4v) is 3.18. The van der Waals surface area contributed by atoms with Crippen molar-refractivity contribution < 1.29 is 0 Å². The van der Waals surface area contributed by atoms with Gasteiger partial charge in [-0.05, 0) is 12.8 Å². The molecule has 1 N–H and O–H groups in total. The second kappa shape index (κ2) is 5.38. The van der Waals surface area contributed by atoms with Gasteiger partial charge in [-0.3, -0.25) is 0 Å². The number of hydrogen-bond acceptors (Lipinski definition) is 5. The van der Waals surface area contributed by atoms with Gasteiger partial charge in [0.25, 0.3) is 0 Å². The van der Waals surface area contributed by atoms with Crippen LogP contribution in [0.4, 0.5) is 5.13 Å². The quantitative estimate of drug-likeness (QED) is 0.648. The Kier molecular flexibility index (Phi) is 3.87. The van der Waals surface area contributed by atoms with Gasteiger partial charge in [0.05, 0.1) is 10.4 Å². The summed E-state index contributed by atoms with van der Waals surface area (Å²) in [6.45, 7) is 0. The largest absolute Gasteiger partial charge is 0.359 e. The van der Waals surface area contributed by atoms with E-state index in [9.17, 15) is 0 Å². The van der Waals surface area contributed by atoms with Gasteiger partial charge in [0.15, 0.2) is 5.13 Å². The van der Waals surface area contributed by atoms with Crippen LogP contribution in [0.5, 0.6) is 0 Å². The lowest BCUT2D eigenvalue weighted by Crippen LogP contribution is -2.21. The Hall–Kier alpha value is -0.730. The Balaban J connectivity index is 1.89. The molecule has 2 rings (SSSR count). The number of hydrogen-bond donors (Lipinski definition) is 1. The zero-order chi connectivity index (χ0) is 10.5. The molecule has 0 radical (unpaired) electrons. The highest BCUT2D eigenvalue weighted by atomic mass is 32.2. The van der Waals surface area contributed by atoms with E-state index in [-0.39, 0.29) is 0 Å². The van der Waals surface area contributed by atoms with Gasteiger partial charge in [0.1, 0.15) is 5.40 Å². The topological polar surface area (TPSA) is 48.7 Å². The van der Waals surface area contributed by atoms with Crippen molar-refractivity contribution in [2.45, 2.75) is 42.4 Å². The molecule has 1 aliphatic rings. The van der Waals surface area contributed by atoms with Gasteiger partial charge < -0.3 is 5.32 Å². The normalized spacial score (nSPS) is 17.3. The van der Waals surface area contributed by atoms with Gasteiger partial charge in [-0.1, -0.05) is 30.6 Å². The van der Waals surface area contributed by atoms with Crippen LogP contribution in [0.3, 0.4) is 0 Å². The molecule has 3 nitrogen and oxygen atoms in total. The molecule has 0 aliphatic heterocycles.